The van der Waals surface area contributed by atoms with Gasteiger partial charge in [-0.25, -0.2) is 4.79 Å². The van der Waals surface area contributed by atoms with Gasteiger partial charge in [-0.1, -0.05) is 41.9 Å². The molecular formula is C17H18ClO5P. The Labute approximate surface area is 146 Å². The second-order valence-electron chi connectivity index (χ2n) is 4.97. The molecule has 0 saturated carbocycles. The molecule has 0 amide bonds. The molecule has 2 aromatic rings. The van der Waals surface area contributed by atoms with E-state index in [1.165, 1.54) is 14.2 Å². The van der Waals surface area contributed by atoms with Gasteiger partial charge >= 0.3 is 13.6 Å². The molecular weight excluding hydrogens is 351 g/mol. The quantitative estimate of drug-likeness (QED) is 0.530. The summed E-state index contributed by atoms with van der Waals surface area (Å²) in [7, 11) is -1.12. The van der Waals surface area contributed by atoms with Gasteiger partial charge in [0.1, 0.15) is 0 Å². The summed E-state index contributed by atoms with van der Waals surface area (Å²) >= 11 is 5.97. The van der Waals surface area contributed by atoms with Crippen LogP contribution < -0.4 is 0 Å². The van der Waals surface area contributed by atoms with Gasteiger partial charge in [0, 0.05) is 25.7 Å². The maximum Gasteiger partial charge on any atom is 0.370 e. The smallest absolute Gasteiger partial charge is 0.370 e. The fourth-order valence-corrected chi connectivity index (χ4v) is 3.65. The molecule has 0 spiro atoms. The maximum absolute atomic E-state index is 12.8. The first-order valence-electron chi connectivity index (χ1n) is 7.20. The van der Waals surface area contributed by atoms with Crippen LogP contribution in [0.5, 0.6) is 0 Å². The fraction of sp³-hybridized carbons (Fsp3) is 0.235. The molecule has 24 heavy (non-hydrogen) atoms. The van der Waals surface area contributed by atoms with E-state index in [-0.39, 0.29) is 6.42 Å². The molecule has 0 fully saturated rings. The minimum atomic E-state index is -3.63. The van der Waals surface area contributed by atoms with Crippen molar-refractivity contribution in [1.82, 2.24) is 0 Å². The van der Waals surface area contributed by atoms with E-state index in [9.17, 15) is 9.36 Å². The van der Waals surface area contributed by atoms with E-state index in [0.717, 1.165) is 5.56 Å². The molecule has 2 rings (SSSR count). The minimum absolute atomic E-state index is 0.151. The first-order chi connectivity index (χ1) is 11.5. The van der Waals surface area contributed by atoms with Crippen molar-refractivity contribution >= 4 is 25.2 Å². The van der Waals surface area contributed by atoms with E-state index in [0.29, 0.717) is 10.6 Å². The zero-order valence-corrected chi connectivity index (χ0v) is 15.0. The van der Waals surface area contributed by atoms with E-state index in [2.05, 4.69) is 0 Å². The van der Waals surface area contributed by atoms with Crippen molar-refractivity contribution in [3.63, 3.8) is 0 Å². The van der Waals surface area contributed by atoms with Crippen LogP contribution in [0.4, 0.5) is 0 Å². The van der Waals surface area contributed by atoms with Gasteiger partial charge in [-0.3, -0.25) is 4.57 Å². The third kappa shape index (κ3) is 4.68. The third-order valence-corrected chi connectivity index (χ3v) is 5.66. The summed E-state index contributed by atoms with van der Waals surface area (Å²) in [6, 6.07) is 15.4. The monoisotopic (exact) mass is 368 g/mol. The largest absolute Gasteiger partial charge is 0.445 e. The maximum atomic E-state index is 12.8. The number of hydrogen-bond acceptors (Lipinski definition) is 5. The molecule has 2 aromatic carbocycles. The highest BCUT2D eigenvalue weighted by atomic mass is 35.5. The van der Waals surface area contributed by atoms with Crippen molar-refractivity contribution in [1.29, 1.82) is 0 Å². The molecule has 0 aliphatic rings. The van der Waals surface area contributed by atoms with Gasteiger partial charge in [0.25, 0.3) is 0 Å². The fourth-order valence-electron chi connectivity index (χ4n) is 2.16. The number of carbonyl (C=O) groups excluding carboxylic acids is 1. The first-order valence-corrected chi connectivity index (χ1v) is 9.19. The molecule has 5 nitrogen and oxygen atoms in total. The number of rotatable bonds is 7. The minimum Gasteiger partial charge on any atom is -0.445 e. The Morgan fingerprint density at radius 1 is 1.08 bits per heavy atom. The van der Waals surface area contributed by atoms with Crippen molar-refractivity contribution in [2.45, 2.75) is 12.3 Å². The van der Waals surface area contributed by atoms with E-state index < -0.39 is 19.4 Å². The Kier molecular flexibility index (Phi) is 6.58. The predicted molar refractivity (Wildman–Crippen MR) is 92.4 cm³/mol. The van der Waals surface area contributed by atoms with Crippen LogP contribution in [0.25, 0.3) is 0 Å². The average Bonchev–Trinajstić information content (AvgIpc) is 2.61. The van der Waals surface area contributed by atoms with Crippen LogP contribution in [0.2, 0.25) is 5.02 Å². The number of ether oxygens (including phenoxy) is 1. The van der Waals surface area contributed by atoms with E-state index in [1.54, 1.807) is 54.6 Å². The molecule has 7 heteroatoms. The van der Waals surface area contributed by atoms with Gasteiger partial charge in [0.15, 0.2) is 0 Å². The molecule has 1 atom stereocenters. The Morgan fingerprint density at radius 2 is 1.75 bits per heavy atom. The van der Waals surface area contributed by atoms with Crippen LogP contribution in [0, 0.1) is 0 Å². The first kappa shape index (κ1) is 18.7. The lowest BCUT2D eigenvalue weighted by atomic mass is 10.1. The lowest BCUT2D eigenvalue weighted by Gasteiger charge is -2.24. The third-order valence-electron chi connectivity index (χ3n) is 3.41. The predicted octanol–water partition coefficient (Wildman–Crippen LogP) is 4.55. The van der Waals surface area contributed by atoms with Crippen LogP contribution in [0.3, 0.4) is 0 Å². The van der Waals surface area contributed by atoms with Crippen LogP contribution in [0.1, 0.15) is 15.9 Å². The number of halogens is 1. The summed E-state index contributed by atoms with van der Waals surface area (Å²) in [6.07, 6.45) is 0.151. The normalized spacial score (nSPS) is 12.6. The second kappa shape index (κ2) is 8.45. The van der Waals surface area contributed by atoms with Gasteiger partial charge in [0.2, 0.25) is 5.85 Å². The van der Waals surface area contributed by atoms with Crippen molar-refractivity contribution in [3.8, 4) is 0 Å². The summed E-state index contributed by atoms with van der Waals surface area (Å²) in [4.78, 5) is 12.3. The van der Waals surface area contributed by atoms with Gasteiger partial charge in [-0.15, -0.1) is 0 Å². The summed E-state index contributed by atoms with van der Waals surface area (Å²) in [5.41, 5.74) is 1.11. The summed E-state index contributed by atoms with van der Waals surface area (Å²) in [5, 5.41) is 0.533. The highest BCUT2D eigenvalue weighted by Gasteiger charge is 2.37. The summed E-state index contributed by atoms with van der Waals surface area (Å²) in [6.45, 7) is 0. The molecule has 0 N–H and O–H groups in total. The van der Waals surface area contributed by atoms with Crippen molar-refractivity contribution in [2.75, 3.05) is 14.2 Å². The lowest BCUT2D eigenvalue weighted by Crippen LogP contribution is -2.22. The molecule has 0 heterocycles. The van der Waals surface area contributed by atoms with Crippen LogP contribution in [-0.4, -0.2) is 26.0 Å². The highest BCUT2D eigenvalue weighted by Crippen LogP contribution is 2.53. The van der Waals surface area contributed by atoms with E-state index >= 15 is 0 Å². The zero-order valence-electron chi connectivity index (χ0n) is 13.3. The van der Waals surface area contributed by atoms with Gasteiger partial charge < -0.3 is 13.8 Å². The molecule has 0 aromatic heterocycles. The number of hydrogen-bond donors (Lipinski definition) is 0. The molecule has 0 saturated heterocycles. The average molecular weight is 369 g/mol. The molecule has 0 bridgehead atoms. The van der Waals surface area contributed by atoms with Crippen LogP contribution >= 0.6 is 19.2 Å². The Morgan fingerprint density at radius 3 is 2.33 bits per heavy atom. The standard InChI is InChI=1S/C17H18ClO5P/c1-21-24(20,22-2)16(12-13-7-6-10-15(18)11-13)23-17(19)14-8-4-3-5-9-14/h3-11,16H,12H2,1-2H3/t16-/m1/s1. The SMILES string of the molecule is COP(=O)(OC)[C@H](Cc1cccc(Cl)c1)OC(=O)c1ccccc1. The molecule has 0 aliphatic heterocycles. The number of carbonyl (C=O) groups is 1. The second-order valence-corrected chi connectivity index (χ2v) is 7.79. The summed E-state index contributed by atoms with van der Waals surface area (Å²) < 4.78 is 28.2. The van der Waals surface area contributed by atoms with Gasteiger partial charge in [0.05, 0.1) is 5.56 Å². The number of benzene rings is 2. The van der Waals surface area contributed by atoms with Gasteiger partial charge in [-0.05, 0) is 29.8 Å². The Hall–Kier alpha value is -1.65. The van der Waals surface area contributed by atoms with Crippen molar-refractivity contribution < 1.29 is 23.1 Å². The number of esters is 1. The van der Waals surface area contributed by atoms with Crippen LogP contribution in [-0.2, 0) is 24.8 Å². The molecule has 0 radical (unpaired) electrons. The highest BCUT2D eigenvalue weighted by molar-refractivity contribution is 7.54. The van der Waals surface area contributed by atoms with Crippen molar-refractivity contribution in [2.24, 2.45) is 0 Å². The topological polar surface area (TPSA) is 61.8 Å². The van der Waals surface area contributed by atoms with Crippen molar-refractivity contribution in [3.05, 3.63) is 70.7 Å². The van der Waals surface area contributed by atoms with E-state index in [4.69, 9.17) is 25.4 Å². The molecule has 0 aliphatic carbocycles. The molecule has 128 valence electrons. The summed E-state index contributed by atoms with van der Waals surface area (Å²) in [5.74, 6) is -1.68. The Balaban J connectivity index is 2.26. The Bertz CT molecular complexity index is 727. The van der Waals surface area contributed by atoms with Gasteiger partial charge in [-0.2, -0.15) is 0 Å². The zero-order chi connectivity index (χ0) is 17.6. The molecule has 0 unspecified atom stereocenters. The van der Waals surface area contributed by atoms with Crippen LogP contribution in [0.15, 0.2) is 54.6 Å². The van der Waals surface area contributed by atoms with E-state index in [1.807, 2.05) is 0 Å². The lowest BCUT2D eigenvalue weighted by molar-refractivity contribution is 0.0385.